The number of hydrogen-bond donors (Lipinski definition) is 0. The van der Waals surface area contributed by atoms with Crippen LogP contribution in [-0.2, 0) is 0 Å². The van der Waals surface area contributed by atoms with E-state index in [2.05, 4.69) is 13.0 Å². The third-order valence-electron chi connectivity index (χ3n) is 1.45. The Labute approximate surface area is 61.2 Å². The van der Waals surface area contributed by atoms with Crippen LogP contribution in [-0.4, -0.2) is 4.87 Å². The molecular weight excluding hydrogens is 132 g/mol. The standard InChI is InChI=1S/C8H11Cl/c1-7-4-3-5-8(2,9)6-7/h3-5H,6H2,1-2H3. The van der Waals surface area contributed by atoms with Crippen LogP contribution in [0, 0.1) is 0 Å². The lowest BCUT2D eigenvalue weighted by molar-refractivity contribution is 0.750. The van der Waals surface area contributed by atoms with Gasteiger partial charge in [0.15, 0.2) is 0 Å². The SMILES string of the molecule is CC1=CC=CC(C)(Cl)C1. The second kappa shape index (κ2) is 2.18. The van der Waals surface area contributed by atoms with Crippen molar-refractivity contribution in [3.8, 4) is 0 Å². The fourth-order valence-electron chi connectivity index (χ4n) is 1.08. The van der Waals surface area contributed by atoms with Crippen LogP contribution >= 0.6 is 11.6 Å². The Kier molecular flexibility index (Phi) is 1.67. The molecule has 1 aliphatic rings. The van der Waals surface area contributed by atoms with Gasteiger partial charge in [-0.05, 0) is 20.3 Å². The van der Waals surface area contributed by atoms with E-state index in [1.54, 1.807) is 0 Å². The van der Waals surface area contributed by atoms with Gasteiger partial charge in [0.05, 0.1) is 4.87 Å². The minimum absolute atomic E-state index is 0.126. The molecule has 1 unspecified atom stereocenters. The number of halogens is 1. The van der Waals surface area contributed by atoms with Crippen molar-refractivity contribution in [1.29, 1.82) is 0 Å². The van der Waals surface area contributed by atoms with E-state index in [1.807, 2.05) is 19.1 Å². The fourth-order valence-corrected chi connectivity index (χ4v) is 1.36. The summed E-state index contributed by atoms with van der Waals surface area (Å²) >= 11 is 6.04. The summed E-state index contributed by atoms with van der Waals surface area (Å²) in [6, 6.07) is 0. The van der Waals surface area contributed by atoms with Crippen LogP contribution in [0.1, 0.15) is 20.3 Å². The molecule has 0 aromatic heterocycles. The zero-order chi connectivity index (χ0) is 6.91. The second-order valence-electron chi connectivity index (χ2n) is 2.83. The second-order valence-corrected chi connectivity index (χ2v) is 3.69. The summed E-state index contributed by atoms with van der Waals surface area (Å²) in [5, 5.41) is 0. The maximum Gasteiger partial charge on any atom is 0.0637 e. The highest BCUT2D eigenvalue weighted by atomic mass is 35.5. The molecule has 0 spiro atoms. The van der Waals surface area contributed by atoms with Gasteiger partial charge < -0.3 is 0 Å². The van der Waals surface area contributed by atoms with Crippen molar-refractivity contribution >= 4 is 11.6 Å². The molecule has 1 rings (SSSR count). The van der Waals surface area contributed by atoms with Gasteiger partial charge in [0, 0.05) is 0 Å². The minimum atomic E-state index is -0.126. The zero-order valence-corrected chi connectivity index (χ0v) is 6.57. The van der Waals surface area contributed by atoms with Crippen LogP contribution in [0.15, 0.2) is 23.8 Å². The van der Waals surface area contributed by atoms with Gasteiger partial charge >= 0.3 is 0 Å². The van der Waals surface area contributed by atoms with Gasteiger partial charge in [0.25, 0.3) is 0 Å². The number of rotatable bonds is 0. The third kappa shape index (κ3) is 1.87. The average Bonchev–Trinajstić information content (AvgIpc) is 1.60. The molecule has 0 heterocycles. The molecule has 0 saturated heterocycles. The van der Waals surface area contributed by atoms with Gasteiger partial charge in [0.2, 0.25) is 0 Å². The first-order valence-electron chi connectivity index (χ1n) is 3.14. The van der Waals surface area contributed by atoms with Crippen LogP contribution in [0.3, 0.4) is 0 Å². The van der Waals surface area contributed by atoms with Gasteiger partial charge in [0.1, 0.15) is 0 Å². The van der Waals surface area contributed by atoms with Gasteiger partial charge in [-0.2, -0.15) is 0 Å². The van der Waals surface area contributed by atoms with Gasteiger partial charge in [-0.15, -0.1) is 11.6 Å². The minimum Gasteiger partial charge on any atom is -0.115 e. The number of alkyl halides is 1. The molecule has 0 amide bonds. The molecule has 0 nitrogen and oxygen atoms in total. The molecule has 9 heavy (non-hydrogen) atoms. The van der Waals surface area contributed by atoms with Crippen molar-refractivity contribution in [2.75, 3.05) is 0 Å². The molecule has 0 fully saturated rings. The van der Waals surface area contributed by atoms with E-state index in [0.29, 0.717) is 0 Å². The van der Waals surface area contributed by atoms with E-state index in [1.165, 1.54) is 5.57 Å². The van der Waals surface area contributed by atoms with Crippen molar-refractivity contribution in [2.24, 2.45) is 0 Å². The summed E-state index contributed by atoms with van der Waals surface area (Å²) in [5.74, 6) is 0. The first-order chi connectivity index (χ1) is 4.10. The lowest BCUT2D eigenvalue weighted by Crippen LogP contribution is -2.14. The molecule has 0 saturated carbocycles. The van der Waals surface area contributed by atoms with Crippen molar-refractivity contribution in [1.82, 2.24) is 0 Å². The van der Waals surface area contributed by atoms with Gasteiger partial charge in [-0.1, -0.05) is 23.8 Å². The normalized spacial score (nSPS) is 34.3. The average molecular weight is 143 g/mol. The highest BCUT2D eigenvalue weighted by Gasteiger charge is 2.18. The highest BCUT2D eigenvalue weighted by Crippen LogP contribution is 2.28. The topological polar surface area (TPSA) is 0 Å². The lowest BCUT2D eigenvalue weighted by Gasteiger charge is -2.20. The molecule has 1 aliphatic carbocycles. The lowest BCUT2D eigenvalue weighted by atomic mass is 9.96. The number of allylic oxidation sites excluding steroid dienone is 4. The Morgan fingerprint density at radius 3 is 2.67 bits per heavy atom. The van der Waals surface area contributed by atoms with Gasteiger partial charge in [-0.25, -0.2) is 0 Å². The quantitative estimate of drug-likeness (QED) is 0.457. The predicted octanol–water partition coefficient (Wildman–Crippen LogP) is 2.89. The Morgan fingerprint density at radius 2 is 2.33 bits per heavy atom. The van der Waals surface area contributed by atoms with Crippen LogP contribution < -0.4 is 0 Å². The largest absolute Gasteiger partial charge is 0.115 e. The summed E-state index contributed by atoms with van der Waals surface area (Å²) in [6.07, 6.45) is 7.13. The molecule has 0 aliphatic heterocycles. The first kappa shape index (κ1) is 6.88. The predicted molar refractivity (Wildman–Crippen MR) is 41.8 cm³/mol. The summed E-state index contributed by atoms with van der Waals surface area (Å²) in [7, 11) is 0. The molecule has 1 atom stereocenters. The summed E-state index contributed by atoms with van der Waals surface area (Å²) in [5.41, 5.74) is 1.36. The van der Waals surface area contributed by atoms with Crippen molar-refractivity contribution in [3.63, 3.8) is 0 Å². The molecule has 0 aromatic carbocycles. The first-order valence-corrected chi connectivity index (χ1v) is 3.52. The van der Waals surface area contributed by atoms with Crippen molar-refractivity contribution < 1.29 is 0 Å². The van der Waals surface area contributed by atoms with E-state index in [-0.39, 0.29) is 4.87 Å². The summed E-state index contributed by atoms with van der Waals surface area (Å²) < 4.78 is 0. The molecule has 0 aromatic rings. The molecule has 1 heteroatoms. The molecule has 0 radical (unpaired) electrons. The molecule has 0 bridgehead atoms. The fraction of sp³-hybridized carbons (Fsp3) is 0.500. The van der Waals surface area contributed by atoms with Crippen LogP contribution in [0.2, 0.25) is 0 Å². The maximum absolute atomic E-state index is 6.04. The van der Waals surface area contributed by atoms with E-state index in [9.17, 15) is 0 Å². The Bertz CT molecular complexity index is 163. The molecular formula is C8H11Cl. The van der Waals surface area contributed by atoms with E-state index in [4.69, 9.17) is 11.6 Å². The molecule has 50 valence electrons. The Balaban J connectivity index is 2.73. The maximum atomic E-state index is 6.04. The van der Waals surface area contributed by atoms with Crippen molar-refractivity contribution in [2.45, 2.75) is 25.1 Å². The summed E-state index contributed by atoms with van der Waals surface area (Å²) in [4.78, 5) is -0.126. The van der Waals surface area contributed by atoms with E-state index < -0.39 is 0 Å². The summed E-state index contributed by atoms with van der Waals surface area (Å²) in [6.45, 7) is 4.13. The van der Waals surface area contributed by atoms with Crippen LogP contribution in [0.5, 0.6) is 0 Å². The van der Waals surface area contributed by atoms with E-state index >= 15 is 0 Å². The van der Waals surface area contributed by atoms with Gasteiger partial charge in [-0.3, -0.25) is 0 Å². The van der Waals surface area contributed by atoms with Crippen LogP contribution in [0.4, 0.5) is 0 Å². The van der Waals surface area contributed by atoms with E-state index in [0.717, 1.165) is 6.42 Å². The third-order valence-corrected chi connectivity index (χ3v) is 1.71. The monoisotopic (exact) mass is 142 g/mol. The Hall–Kier alpha value is -0.230. The molecule has 0 N–H and O–H groups in total. The highest BCUT2D eigenvalue weighted by molar-refractivity contribution is 6.25. The van der Waals surface area contributed by atoms with Crippen LogP contribution in [0.25, 0.3) is 0 Å². The Morgan fingerprint density at radius 1 is 1.67 bits per heavy atom. The zero-order valence-electron chi connectivity index (χ0n) is 5.82. The van der Waals surface area contributed by atoms with Crippen molar-refractivity contribution in [3.05, 3.63) is 23.8 Å². The number of hydrogen-bond acceptors (Lipinski definition) is 0. The smallest absolute Gasteiger partial charge is 0.0637 e.